The van der Waals surface area contributed by atoms with Crippen LogP contribution in [0.2, 0.25) is 0 Å². The highest BCUT2D eigenvalue weighted by Crippen LogP contribution is 2.53. The molecule has 24 heavy (non-hydrogen) atoms. The van der Waals surface area contributed by atoms with Crippen LogP contribution in [0.4, 0.5) is 5.82 Å². The maximum Gasteiger partial charge on any atom is 0.351 e. The molecule has 4 atom stereocenters. The van der Waals surface area contributed by atoms with Crippen molar-refractivity contribution >= 4 is 5.82 Å². The number of terminal acetylenes is 1. The van der Waals surface area contributed by atoms with Gasteiger partial charge in [-0.1, -0.05) is 12.8 Å². The lowest BCUT2D eigenvalue weighted by molar-refractivity contribution is -0.224. The van der Waals surface area contributed by atoms with Gasteiger partial charge in [-0.2, -0.15) is 4.98 Å². The highest BCUT2D eigenvalue weighted by molar-refractivity contribution is 5.25. The zero-order valence-corrected chi connectivity index (χ0v) is 13.6. The lowest BCUT2D eigenvalue weighted by atomic mass is 9.93. The smallest absolute Gasteiger partial charge is 0.351 e. The summed E-state index contributed by atoms with van der Waals surface area (Å²) in [5, 5.41) is 0. The van der Waals surface area contributed by atoms with Gasteiger partial charge in [0, 0.05) is 19.0 Å². The molecule has 0 aromatic carbocycles. The first kappa shape index (κ1) is 15.6. The molecule has 128 valence electrons. The summed E-state index contributed by atoms with van der Waals surface area (Å²) < 4.78 is 20.1. The van der Waals surface area contributed by atoms with Gasteiger partial charge in [0.2, 0.25) is 0 Å². The van der Waals surface area contributed by atoms with Crippen molar-refractivity contribution in [2.24, 2.45) is 0 Å². The Morgan fingerprint density at radius 3 is 2.79 bits per heavy atom. The molecule has 0 amide bonds. The highest BCUT2D eigenvalue weighted by Gasteiger charge is 2.64. The Labute approximate surface area is 140 Å². The second-order valence-corrected chi connectivity index (χ2v) is 6.68. The molecule has 0 unspecified atom stereocenters. The number of aromatic nitrogens is 2. The topological polar surface area (TPSA) is 88.6 Å². The van der Waals surface area contributed by atoms with Gasteiger partial charge in [0.25, 0.3) is 0 Å². The molecule has 1 spiro atoms. The third kappa shape index (κ3) is 2.10. The zero-order valence-electron chi connectivity index (χ0n) is 13.6. The maximum absolute atomic E-state index is 12.3. The number of fused-ring (bicyclic) bond motifs is 1. The number of nitrogens with two attached hydrogens (primary N) is 1. The van der Waals surface area contributed by atoms with Crippen LogP contribution in [0, 0.1) is 12.3 Å². The van der Waals surface area contributed by atoms with E-state index in [-0.39, 0.29) is 5.82 Å². The van der Waals surface area contributed by atoms with E-state index in [1.54, 1.807) is 12.3 Å². The Hall–Kier alpha value is -1.88. The summed E-state index contributed by atoms with van der Waals surface area (Å²) in [5.74, 6) is 2.32. The van der Waals surface area contributed by atoms with Gasteiger partial charge in [-0.05, 0) is 25.3 Å². The van der Waals surface area contributed by atoms with Gasteiger partial charge in [-0.15, -0.1) is 6.42 Å². The minimum atomic E-state index is -0.914. The third-order valence-corrected chi connectivity index (χ3v) is 5.32. The van der Waals surface area contributed by atoms with E-state index in [9.17, 15) is 4.79 Å². The van der Waals surface area contributed by atoms with E-state index in [1.807, 2.05) is 6.92 Å². The van der Waals surface area contributed by atoms with E-state index >= 15 is 0 Å². The Kier molecular flexibility index (Phi) is 3.46. The molecule has 2 N–H and O–H groups in total. The number of anilines is 1. The SMILES string of the molecule is C#C[C@]1(CC)O[C@@H](n2ccc(N)nc2=O)[C@@H]2OC3(CCCC3)O[C@@H]21. The normalized spacial score (nSPS) is 36.8. The number of nitrogen functional groups attached to an aromatic ring is 1. The first-order valence-corrected chi connectivity index (χ1v) is 8.38. The van der Waals surface area contributed by atoms with E-state index in [0.29, 0.717) is 6.42 Å². The number of ether oxygens (including phenoxy) is 3. The second-order valence-electron chi connectivity index (χ2n) is 6.68. The predicted octanol–water partition coefficient (Wildman–Crippen LogP) is 1.19. The van der Waals surface area contributed by atoms with Gasteiger partial charge in [0.1, 0.15) is 18.0 Å². The van der Waals surface area contributed by atoms with E-state index < -0.39 is 35.5 Å². The molecule has 2 saturated heterocycles. The van der Waals surface area contributed by atoms with Crippen molar-refractivity contribution in [3.05, 3.63) is 22.7 Å². The van der Waals surface area contributed by atoms with E-state index in [1.165, 1.54) is 4.57 Å². The summed E-state index contributed by atoms with van der Waals surface area (Å²) in [7, 11) is 0. The number of rotatable bonds is 2. The second kappa shape index (κ2) is 5.31. The van der Waals surface area contributed by atoms with Gasteiger partial charge >= 0.3 is 5.69 Å². The van der Waals surface area contributed by atoms with Crippen molar-refractivity contribution in [3.63, 3.8) is 0 Å². The molecule has 7 nitrogen and oxygen atoms in total. The minimum absolute atomic E-state index is 0.167. The monoisotopic (exact) mass is 331 g/mol. The quantitative estimate of drug-likeness (QED) is 0.819. The van der Waals surface area contributed by atoms with E-state index in [0.717, 1.165) is 25.7 Å². The number of hydrogen-bond acceptors (Lipinski definition) is 6. The highest BCUT2D eigenvalue weighted by atomic mass is 16.8. The maximum atomic E-state index is 12.3. The van der Waals surface area contributed by atoms with Crippen LogP contribution in [0.15, 0.2) is 17.1 Å². The van der Waals surface area contributed by atoms with Crippen LogP contribution in [0.5, 0.6) is 0 Å². The summed E-state index contributed by atoms with van der Waals surface area (Å²) >= 11 is 0. The standard InChI is InChI=1S/C17H21N3O4/c1-3-16(4-2)13-12(22-17(23-13)8-5-6-9-17)14(24-16)20-10-7-11(18)19-15(20)21/h1,7,10,12-14H,4-6,8-9H2,2H3,(H2,18,19,21)/t12-,13+,14-,16-/m1/s1. The van der Waals surface area contributed by atoms with Gasteiger partial charge in [0.15, 0.2) is 17.6 Å². The summed E-state index contributed by atoms with van der Waals surface area (Å²) in [4.78, 5) is 16.0. The summed E-state index contributed by atoms with van der Waals surface area (Å²) in [5.41, 5.74) is 4.18. The van der Waals surface area contributed by atoms with Crippen LogP contribution in [0.1, 0.15) is 45.3 Å². The van der Waals surface area contributed by atoms with Crippen LogP contribution < -0.4 is 11.4 Å². The van der Waals surface area contributed by atoms with Crippen molar-refractivity contribution in [3.8, 4) is 12.3 Å². The van der Waals surface area contributed by atoms with Crippen LogP contribution in [-0.2, 0) is 14.2 Å². The Morgan fingerprint density at radius 2 is 2.17 bits per heavy atom. The average molecular weight is 331 g/mol. The molecule has 1 aromatic heterocycles. The first-order valence-electron chi connectivity index (χ1n) is 8.38. The molecule has 3 aliphatic rings. The molecule has 4 rings (SSSR count). The first-order chi connectivity index (χ1) is 11.5. The van der Waals surface area contributed by atoms with Crippen molar-refractivity contribution in [1.29, 1.82) is 0 Å². The molecular formula is C17H21N3O4. The lowest BCUT2D eigenvalue weighted by Crippen LogP contribution is -2.42. The van der Waals surface area contributed by atoms with E-state index in [4.69, 9.17) is 26.4 Å². The fourth-order valence-electron chi connectivity index (χ4n) is 4.04. The Balaban J connectivity index is 1.76. The van der Waals surface area contributed by atoms with Crippen molar-refractivity contribution < 1.29 is 14.2 Å². The fraction of sp³-hybridized carbons (Fsp3) is 0.647. The molecule has 3 heterocycles. The van der Waals surface area contributed by atoms with Crippen LogP contribution in [0.3, 0.4) is 0 Å². The molecule has 0 bridgehead atoms. The van der Waals surface area contributed by atoms with Gasteiger partial charge < -0.3 is 19.9 Å². The number of nitrogens with zero attached hydrogens (tertiary/aromatic N) is 2. The Morgan fingerprint density at radius 1 is 1.42 bits per heavy atom. The zero-order chi connectivity index (χ0) is 16.9. The summed E-state index contributed by atoms with van der Waals surface area (Å²) in [6, 6.07) is 1.56. The molecule has 3 fully saturated rings. The van der Waals surface area contributed by atoms with Crippen molar-refractivity contribution in [2.75, 3.05) is 5.73 Å². The van der Waals surface area contributed by atoms with Crippen molar-refractivity contribution in [1.82, 2.24) is 9.55 Å². The van der Waals surface area contributed by atoms with Gasteiger partial charge in [-0.3, -0.25) is 4.57 Å². The molecular weight excluding hydrogens is 310 g/mol. The predicted molar refractivity (Wildman–Crippen MR) is 85.8 cm³/mol. The van der Waals surface area contributed by atoms with E-state index in [2.05, 4.69) is 10.9 Å². The molecule has 7 heteroatoms. The lowest BCUT2D eigenvalue weighted by Gasteiger charge is -2.31. The molecule has 1 saturated carbocycles. The van der Waals surface area contributed by atoms with Gasteiger partial charge in [0.05, 0.1) is 0 Å². The molecule has 0 radical (unpaired) electrons. The molecule has 1 aliphatic carbocycles. The van der Waals surface area contributed by atoms with Crippen LogP contribution in [0.25, 0.3) is 0 Å². The summed E-state index contributed by atoms with van der Waals surface area (Å²) in [6.45, 7) is 1.95. The largest absolute Gasteiger partial charge is 0.383 e. The minimum Gasteiger partial charge on any atom is -0.383 e. The van der Waals surface area contributed by atoms with Gasteiger partial charge in [-0.25, -0.2) is 4.79 Å². The molecule has 2 aliphatic heterocycles. The van der Waals surface area contributed by atoms with Crippen LogP contribution >= 0.6 is 0 Å². The molecule has 1 aromatic rings. The number of hydrogen-bond donors (Lipinski definition) is 1. The van der Waals surface area contributed by atoms with Crippen molar-refractivity contribution in [2.45, 2.75) is 68.9 Å². The third-order valence-electron chi connectivity index (χ3n) is 5.32. The summed E-state index contributed by atoms with van der Waals surface area (Å²) in [6.07, 6.45) is 10.2. The Bertz CT molecular complexity index is 749. The van der Waals surface area contributed by atoms with Crippen LogP contribution in [-0.4, -0.2) is 33.1 Å². The fourth-order valence-corrected chi connectivity index (χ4v) is 4.04. The average Bonchev–Trinajstić information content (AvgIpc) is 3.24.